The van der Waals surface area contributed by atoms with Crippen LogP contribution in [0.25, 0.3) is 0 Å². The zero-order chi connectivity index (χ0) is 16.7. The minimum Gasteiger partial charge on any atom is -0.465 e. The monoisotopic (exact) mass is 316 g/mol. The number of amides is 2. The van der Waals surface area contributed by atoms with Crippen molar-refractivity contribution in [3.05, 3.63) is 48.0 Å². The summed E-state index contributed by atoms with van der Waals surface area (Å²) in [5.74, 6) is -0.436. The first-order chi connectivity index (χ1) is 11.1. The number of aromatic nitrogens is 2. The summed E-state index contributed by atoms with van der Waals surface area (Å²) < 4.78 is 6.62. The predicted octanol–water partition coefficient (Wildman–Crippen LogP) is 2.19. The molecule has 1 heterocycles. The van der Waals surface area contributed by atoms with Crippen molar-refractivity contribution in [2.45, 2.75) is 19.9 Å². The average molecular weight is 316 g/mol. The molecule has 0 bridgehead atoms. The van der Waals surface area contributed by atoms with E-state index in [2.05, 4.69) is 20.4 Å². The topological polar surface area (TPSA) is 85.2 Å². The Kier molecular flexibility index (Phi) is 5.74. The van der Waals surface area contributed by atoms with E-state index in [0.29, 0.717) is 17.8 Å². The zero-order valence-electron chi connectivity index (χ0n) is 13.2. The molecule has 122 valence electrons. The van der Waals surface area contributed by atoms with Crippen molar-refractivity contribution in [3.8, 4) is 0 Å². The second-order valence-electron chi connectivity index (χ2n) is 5.06. The highest BCUT2D eigenvalue weighted by Crippen LogP contribution is 2.17. The van der Waals surface area contributed by atoms with Crippen LogP contribution in [0.5, 0.6) is 0 Å². The van der Waals surface area contributed by atoms with Crippen LogP contribution >= 0.6 is 0 Å². The Morgan fingerprint density at radius 2 is 2.17 bits per heavy atom. The maximum absolute atomic E-state index is 11.9. The lowest BCUT2D eigenvalue weighted by Gasteiger charge is -2.11. The summed E-state index contributed by atoms with van der Waals surface area (Å²) in [6.45, 7) is 3.19. The van der Waals surface area contributed by atoms with Crippen molar-refractivity contribution < 1.29 is 14.3 Å². The molecular weight excluding hydrogens is 296 g/mol. The van der Waals surface area contributed by atoms with Gasteiger partial charge in [-0.1, -0.05) is 6.07 Å². The first-order valence-corrected chi connectivity index (χ1v) is 7.29. The molecule has 0 unspecified atom stereocenters. The van der Waals surface area contributed by atoms with Crippen molar-refractivity contribution in [1.82, 2.24) is 14.9 Å². The number of esters is 1. The number of nitrogens with one attached hydrogen (secondary N) is 2. The van der Waals surface area contributed by atoms with Gasteiger partial charge in [0.1, 0.15) is 0 Å². The summed E-state index contributed by atoms with van der Waals surface area (Å²) in [5.41, 5.74) is 1.85. The van der Waals surface area contributed by atoms with Crippen LogP contribution in [0.15, 0.2) is 36.9 Å². The molecule has 0 spiro atoms. The fourth-order valence-corrected chi connectivity index (χ4v) is 2.05. The van der Waals surface area contributed by atoms with E-state index < -0.39 is 5.97 Å². The number of hydrogen-bond donors (Lipinski definition) is 2. The molecule has 0 atom stereocenters. The number of carbonyl (C=O) groups excluding carboxylic acids is 2. The molecule has 0 radical (unpaired) electrons. The fraction of sp³-hybridized carbons (Fsp3) is 0.312. The molecule has 0 aliphatic rings. The third kappa shape index (κ3) is 4.84. The number of anilines is 1. The molecule has 7 nitrogen and oxygen atoms in total. The zero-order valence-corrected chi connectivity index (χ0v) is 13.2. The van der Waals surface area contributed by atoms with Crippen LogP contribution in [0.1, 0.15) is 22.3 Å². The lowest BCUT2D eigenvalue weighted by atomic mass is 10.1. The van der Waals surface area contributed by atoms with E-state index in [1.807, 2.05) is 17.7 Å². The van der Waals surface area contributed by atoms with Crippen molar-refractivity contribution >= 4 is 17.7 Å². The number of benzene rings is 1. The van der Waals surface area contributed by atoms with Gasteiger partial charge in [0.25, 0.3) is 0 Å². The Labute approximate surface area is 134 Å². The molecule has 2 rings (SSSR count). The first-order valence-electron chi connectivity index (χ1n) is 7.29. The van der Waals surface area contributed by atoms with Crippen molar-refractivity contribution in [3.63, 3.8) is 0 Å². The number of hydrogen-bond acceptors (Lipinski definition) is 4. The Balaban J connectivity index is 1.83. The number of carbonyl (C=O) groups is 2. The van der Waals surface area contributed by atoms with Crippen molar-refractivity contribution in [2.75, 3.05) is 19.0 Å². The van der Waals surface area contributed by atoms with E-state index in [9.17, 15) is 9.59 Å². The van der Waals surface area contributed by atoms with Crippen LogP contribution in [-0.4, -0.2) is 35.2 Å². The molecule has 2 amide bonds. The van der Waals surface area contributed by atoms with E-state index in [1.54, 1.807) is 30.7 Å². The Morgan fingerprint density at radius 3 is 2.87 bits per heavy atom. The molecule has 0 aliphatic heterocycles. The lowest BCUT2D eigenvalue weighted by molar-refractivity contribution is 0.0600. The smallest absolute Gasteiger partial charge is 0.337 e. The molecule has 1 aromatic carbocycles. The SMILES string of the molecule is COC(=O)c1ccc(C)c(NC(=O)NCCCn2ccnc2)c1. The molecule has 0 saturated heterocycles. The maximum atomic E-state index is 11.9. The number of urea groups is 1. The normalized spacial score (nSPS) is 10.2. The minimum atomic E-state index is -0.436. The molecule has 0 saturated carbocycles. The van der Waals surface area contributed by atoms with Gasteiger partial charge in [-0.2, -0.15) is 0 Å². The molecule has 0 aliphatic carbocycles. The van der Waals surface area contributed by atoms with Crippen LogP contribution in [-0.2, 0) is 11.3 Å². The molecule has 0 fully saturated rings. The van der Waals surface area contributed by atoms with Gasteiger partial charge < -0.3 is 19.9 Å². The van der Waals surface area contributed by atoms with Gasteiger partial charge in [0, 0.05) is 31.2 Å². The van der Waals surface area contributed by atoms with Gasteiger partial charge >= 0.3 is 12.0 Å². The molecule has 2 aromatic rings. The number of nitrogens with zero attached hydrogens (tertiary/aromatic N) is 2. The minimum absolute atomic E-state index is 0.305. The number of imidazole rings is 1. The second kappa shape index (κ2) is 7.98. The van der Waals surface area contributed by atoms with E-state index >= 15 is 0 Å². The summed E-state index contributed by atoms with van der Waals surface area (Å²) in [6.07, 6.45) is 6.13. The lowest BCUT2D eigenvalue weighted by Crippen LogP contribution is -2.30. The van der Waals surface area contributed by atoms with Crippen LogP contribution < -0.4 is 10.6 Å². The highest BCUT2D eigenvalue weighted by molar-refractivity contribution is 5.94. The first kappa shape index (κ1) is 16.5. The molecule has 23 heavy (non-hydrogen) atoms. The molecule has 2 N–H and O–H groups in total. The summed E-state index contributed by atoms with van der Waals surface area (Å²) >= 11 is 0. The predicted molar refractivity (Wildman–Crippen MR) is 86.4 cm³/mol. The second-order valence-corrected chi connectivity index (χ2v) is 5.06. The van der Waals surface area contributed by atoms with Crippen molar-refractivity contribution in [2.24, 2.45) is 0 Å². The number of aryl methyl sites for hydroxylation is 2. The molecular formula is C16H20N4O3. The van der Waals surface area contributed by atoms with Gasteiger partial charge in [0.15, 0.2) is 0 Å². The van der Waals surface area contributed by atoms with Gasteiger partial charge in [0.2, 0.25) is 0 Å². The van der Waals surface area contributed by atoms with Gasteiger partial charge in [0.05, 0.1) is 19.0 Å². The average Bonchev–Trinajstić information content (AvgIpc) is 3.06. The van der Waals surface area contributed by atoms with Crippen molar-refractivity contribution in [1.29, 1.82) is 0 Å². The van der Waals surface area contributed by atoms with Gasteiger partial charge in [-0.15, -0.1) is 0 Å². The van der Waals surface area contributed by atoms with E-state index in [0.717, 1.165) is 18.5 Å². The number of methoxy groups -OCH3 is 1. The Bertz CT molecular complexity index is 668. The molecule has 1 aromatic heterocycles. The van der Waals surface area contributed by atoms with Crippen LogP contribution in [0.4, 0.5) is 10.5 Å². The Morgan fingerprint density at radius 1 is 1.35 bits per heavy atom. The molecule has 7 heteroatoms. The third-order valence-corrected chi connectivity index (χ3v) is 3.34. The highest BCUT2D eigenvalue weighted by Gasteiger charge is 2.10. The van der Waals surface area contributed by atoms with Gasteiger partial charge in [-0.05, 0) is 31.0 Å². The Hall–Kier alpha value is -2.83. The van der Waals surface area contributed by atoms with Gasteiger partial charge in [-0.3, -0.25) is 0 Å². The summed E-state index contributed by atoms with van der Waals surface area (Å²) in [6, 6.07) is 4.73. The van der Waals surface area contributed by atoms with E-state index in [1.165, 1.54) is 7.11 Å². The highest BCUT2D eigenvalue weighted by atomic mass is 16.5. The van der Waals surface area contributed by atoms with Crippen LogP contribution in [0.3, 0.4) is 0 Å². The summed E-state index contributed by atoms with van der Waals surface area (Å²) in [5, 5.41) is 5.53. The maximum Gasteiger partial charge on any atom is 0.337 e. The van der Waals surface area contributed by atoms with Gasteiger partial charge in [-0.25, -0.2) is 14.6 Å². The fourth-order valence-electron chi connectivity index (χ4n) is 2.05. The standard InChI is InChI=1S/C16H20N4O3/c1-12-4-5-13(15(21)23-2)10-14(12)19-16(22)18-6-3-8-20-9-7-17-11-20/h4-5,7,9-11H,3,6,8H2,1-2H3,(H2,18,19,22). The summed E-state index contributed by atoms with van der Waals surface area (Å²) in [4.78, 5) is 27.4. The third-order valence-electron chi connectivity index (χ3n) is 3.34. The quantitative estimate of drug-likeness (QED) is 0.632. The van der Waals surface area contributed by atoms with Crippen LogP contribution in [0.2, 0.25) is 0 Å². The van der Waals surface area contributed by atoms with E-state index in [4.69, 9.17) is 0 Å². The number of rotatable bonds is 6. The summed E-state index contributed by atoms with van der Waals surface area (Å²) in [7, 11) is 1.32. The van der Waals surface area contributed by atoms with Crippen LogP contribution in [0, 0.1) is 6.92 Å². The van der Waals surface area contributed by atoms with E-state index in [-0.39, 0.29) is 6.03 Å². The number of ether oxygens (including phenoxy) is 1. The largest absolute Gasteiger partial charge is 0.465 e.